The number of aromatic nitrogens is 2. The van der Waals surface area contributed by atoms with Crippen molar-refractivity contribution in [2.75, 3.05) is 5.32 Å². The molecule has 0 aliphatic rings. The summed E-state index contributed by atoms with van der Waals surface area (Å²) in [6.45, 7) is 0. The highest BCUT2D eigenvalue weighted by atomic mass is 35.5. The maximum atomic E-state index is 12.1. The molecular formula is C16H9ClN4O2. The van der Waals surface area contributed by atoms with Crippen LogP contribution >= 0.6 is 11.6 Å². The van der Waals surface area contributed by atoms with E-state index in [0.29, 0.717) is 21.8 Å². The first kappa shape index (κ1) is 14.8. The van der Waals surface area contributed by atoms with E-state index in [0.717, 1.165) is 0 Å². The van der Waals surface area contributed by atoms with Gasteiger partial charge in [-0.3, -0.25) is 4.79 Å². The number of anilines is 1. The first-order valence-corrected chi connectivity index (χ1v) is 6.95. The molecule has 0 spiro atoms. The average Bonchev–Trinajstić information content (AvgIpc) is 3.06. The smallest absolute Gasteiger partial charge is 0.313 e. The zero-order valence-electron chi connectivity index (χ0n) is 11.7. The van der Waals surface area contributed by atoms with Crippen LogP contribution in [0.4, 0.5) is 5.69 Å². The predicted molar refractivity (Wildman–Crippen MR) is 83.9 cm³/mol. The van der Waals surface area contributed by atoms with Crippen LogP contribution in [0.25, 0.3) is 11.5 Å². The molecule has 1 heterocycles. The maximum absolute atomic E-state index is 12.1. The van der Waals surface area contributed by atoms with Gasteiger partial charge in [0.05, 0.1) is 11.3 Å². The minimum atomic E-state index is -0.583. The summed E-state index contributed by atoms with van der Waals surface area (Å²) >= 11 is 5.82. The topological polar surface area (TPSA) is 91.8 Å². The van der Waals surface area contributed by atoms with Gasteiger partial charge in [-0.05, 0) is 36.4 Å². The second kappa shape index (κ2) is 6.30. The molecule has 1 amide bonds. The summed E-state index contributed by atoms with van der Waals surface area (Å²) in [7, 11) is 0. The summed E-state index contributed by atoms with van der Waals surface area (Å²) in [6, 6.07) is 15.4. The molecule has 0 saturated heterocycles. The summed E-state index contributed by atoms with van der Waals surface area (Å²) in [5, 5.41) is 19.7. The molecule has 0 unspecified atom stereocenters. The fourth-order valence-electron chi connectivity index (χ4n) is 1.89. The summed E-state index contributed by atoms with van der Waals surface area (Å²) in [5.41, 5.74) is 1.38. The number of halogens is 1. The highest BCUT2D eigenvalue weighted by Crippen LogP contribution is 2.21. The monoisotopic (exact) mass is 324 g/mol. The van der Waals surface area contributed by atoms with Crippen molar-refractivity contribution in [3.8, 4) is 17.5 Å². The molecule has 0 fully saturated rings. The van der Waals surface area contributed by atoms with E-state index in [2.05, 4.69) is 15.5 Å². The summed E-state index contributed by atoms with van der Waals surface area (Å²) in [5.74, 6) is -0.566. The molecule has 0 aliphatic carbocycles. The number of amides is 1. The van der Waals surface area contributed by atoms with Gasteiger partial charge < -0.3 is 9.73 Å². The standard InChI is InChI=1S/C16H9ClN4O2/c17-12-7-5-10(6-8-12)15-20-21-16(23-15)14(22)19-13-4-2-1-3-11(13)9-18/h1-8H,(H,19,22). The molecule has 112 valence electrons. The molecule has 1 aromatic heterocycles. The Hall–Kier alpha value is -3.17. The lowest BCUT2D eigenvalue weighted by atomic mass is 10.2. The Labute approximate surface area is 136 Å². The molecule has 3 aromatic rings. The minimum absolute atomic E-state index is 0.192. The number of nitriles is 1. The third kappa shape index (κ3) is 3.20. The van der Waals surface area contributed by atoms with Crippen LogP contribution in [-0.4, -0.2) is 16.1 Å². The number of hydrogen-bond donors (Lipinski definition) is 1. The van der Waals surface area contributed by atoms with Gasteiger partial charge in [0.25, 0.3) is 0 Å². The third-order valence-electron chi connectivity index (χ3n) is 3.01. The van der Waals surface area contributed by atoms with Crippen molar-refractivity contribution in [2.45, 2.75) is 0 Å². The minimum Gasteiger partial charge on any atom is -0.412 e. The quantitative estimate of drug-likeness (QED) is 0.795. The summed E-state index contributed by atoms with van der Waals surface area (Å²) in [6.07, 6.45) is 0. The van der Waals surface area contributed by atoms with E-state index >= 15 is 0 Å². The van der Waals surface area contributed by atoms with Crippen LogP contribution in [0.5, 0.6) is 0 Å². The zero-order chi connectivity index (χ0) is 16.2. The van der Waals surface area contributed by atoms with Gasteiger partial charge >= 0.3 is 11.8 Å². The average molecular weight is 325 g/mol. The first-order chi connectivity index (χ1) is 11.2. The van der Waals surface area contributed by atoms with Crippen LogP contribution < -0.4 is 5.32 Å². The van der Waals surface area contributed by atoms with Crippen molar-refractivity contribution in [3.05, 3.63) is 65.0 Å². The number of carbonyl (C=O) groups excluding carboxylic acids is 1. The second-order valence-corrected chi connectivity index (χ2v) is 4.97. The molecule has 0 saturated carbocycles. The van der Waals surface area contributed by atoms with E-state index < -0.39 is 5.91 Å². The lowest BCUT2D eigenvalue weighted by Crippen LogP contribution is -2.13. The van der Waals surface area contributed by atoms with Crippen molar-refractivity contribution in [1.82, 2.24) is 10.2 Å². The van der Waals surface area contributed by atoms with Crippen molar-refractivity contribution in [3.63, 3.8) is 0 Å². The number of benzene rings is 2. The van der Waals surface area contributed by atoms with E-state index in [-0.39, 0.29) is 11.8 Å². The first-order valence-electron chi connectivity index (χ1n) is 6.57. The molecule has 7 heteroatoms. The summed E-state index contributed by atoms with van der Waals surface area (Å²) in [4.78, 5) is 12.1. The Morgan fingerprint density at radius 3 is 2.61 bits per heavy atom. The van der Waals surface area contributed by atoms with Gasteiger partial charge in [-0.25, -0.2) is 0 Å². The Bertz CT molecular complexity index is 897. The lowest BCUT2D eigenvalue weighted by molar-refractivity contribution is 0.0991. The van der Waals surface area contributed by atoms with Gasteiger partial charge in [0.1, 0.15) is 6.07 Å². The van der Waals surface area contributed by atoms with Gasteiger partial charge in [-0.1, -0.05) is 23.7 Å². The van der Waals surface area contributed by atoms with Crippen LogP contribution in [-0.2, 0) is 0 Å². The van der Waals surface area contributed by atoms with Crippen LogP contribution in [0.2, 0.25) is 5.02 Å². The SMILES string of the molecule is N#Cc1ccccc1NC(=O)c1nnc(-c2ccc(Cl)cc2)o1. The van der Waals surface area contributed by atoms with E-state index in [1.165, 1.54) is 0 Å². The largest absolute Gasteiger partial charge is 0.412 e. The predicted octanol–water partition coefficient (Wildman–Crippen LogP) is 3.51. The van der Waals surface area contributed by atoms with Crippen LogP contribution in [0, 0.1) is 11.3 Å². The van der Waals surface area contributed by atoms with Crippen molar-refractivity contribution >= 4 is 23.2 Å². The van der Waals surface area contributed by atoms with Crippen molar-refractivity contribution in [1.29, 1.82) is 5.26 Å². The van der Waals surface area contributed by atoms with E-state index in [1.807, 2.05) is 6.07 Å². The van der Waals surface area contributed by atoms with Gasteiger partial charge in [0.15, 0.2) is 0 Å². The number of hydrogen-bond acceptors (Lipinski definition) is 5. The highest BCUT2D eigenvalue weighted by Gasteiger charge is 2.17. The normalized spacial score (nSPS) is 10.1. The fraction of sp³-hybridized carbons (Fsp3) is 0. The Morgan fingerprint density at radius 1 is 1.13 bits per heavy atom. The maximum Gasteiger partial charge on any atom is 0.313 e. The number of carbonyl (C=O) groups is 1. The Balaban J connectivity index is 1.81. The van der Waals surface area contributed by atoms with Gasteiger partial charge in [-0.15, -0.1) is 10.2 Å². The van der Waals surface area contributed by atoms with E-state index in [9.17, 15) is 4.79 Å². The molecule has 0 radical (unpaired) electrons. The summed E-state index contributed by atoms with van der Waals surface area (Å²) < 4.78 is 5.36. The number of nitrogens with zero attached hydrogens (tertiary/aromatic N) is 3. The number of para-hydroxylation sites is 1. The fourth-order valence-corrected chi connectivity index (χ4v) is 2.02. The van der Waals surface area contributed by atoms with Gasteiger partial charge in [0, 0.05) is 10.6 Å². The molecule has 0 bridgehead atoms. The Kier molecular flexibility index (Phi) is 4.04. The van der Waals surface area contributed by atoms with Gasteiger partial charge in [0.2, 0.25) is 5.89 Å². The molecular weight excluding hydrogens is 316 g/mol. The van der Waals surface area contributed by atoms with Crippen molar-refractivity contribution in [2.24, 2.45) is 0 Å². The molecule has 2 aromatic carbocycles. The van der Waals surface area contributed by atoms with Crippen molar-refractivity contribution < 1.29 is 9.21 Å². The second-order valence-electron chi connectivity index (χ2n) is 4.53. The van der Waals surface area contributed by atoms with Gasteiger partial charge in [-0.2, -0.15) is 5.26 Å². The molecule has 0 aliphatic heterocycles. The molecule has 1 N–H and O–H groups in total. The van der Waals surface area contributed by atoms with E-state index in [1.54, 1.807) is 48.5 Å². The zero-order valence-corrected chi connectivity index (χ0v) is 12.4. The molecule has 23 heavy (non-hydrogen) atoms. The molecule has 3 rings (SSSR count). The highest BCUT2D eigenvalue weighted by molar-refractivity contribution is 6.30. The lowest BCUT2D eigenvalue weighted by Gasteiger charge is -2.03. The van der Waals surface area contributed by atoms with E-state index in [4.69, 9.17) is 21.3 Å². The Morgan fingerprint density at radius 2 is 1.87 bits per heavy atom. The third-order valence-corrected chi connectivity index (χ3v) is 3.26. The van der Waals surface area contributed by atoms with Crippen LogP contribution in [0.1, 0.15) is 16.2 Å². The molecule has 6 nitrogen and oxygen atoms in total. The van der Waals surface area contributed by atoms with Crippen LogP contribution in [0.15, 0.2) is 52.9 Å². The van der Waals surface area contributed by atoms with Crippen LogP contribution in [0.3, 0.4) is 0 Å². The molecule has 0 atom stereocenters. The number of rotatable bonds is 3. The number of nitrogens with one attached hydrogen (secondary N) is 1.